The third-order valence-corrected chi connectivity index (χ3v) is 2.43. The van der Waals surface area contributed by atoms with Gasteiger partial charge in [-0.05, 0) is 22.6 Å². The zero-order valence-electron chi connectivity index (χ0n) is 9.24. The molecule has 8 heteroatoms. The van der Waals surface area contributed by atoms with Gasteiger partial charge in [0.1, 0.15) is 12.9 Å². The van der Waals surface area contributed by atoms with Crippen molar-refractivity contribution in [2.24, 2.45) is 0 Å². The third kappa shape index (κ3) is 1.90. The van der Waals surface area contributed by atoms with Gasteiger partial charge in [-0.1, -0.05) is 12.1 Å². The number of fused-ring (bicyclic) bond motifs is 1. The number of hydrogen-bond acceptors (Lipinski definition) is 5. The summed E-state index contributed by atoms with van der Waals surface area (Å²) in [5.74, 6) is 0.267. The summed E-state index contributed by atoms with van der Waals surface area (Å²) in [5, 5.41) is 21.0. The molecule has 1 aromatic carbocycles. The van der Waals surface area contributed by atoms with Gasteiger partial charge in [0, 0.05) is 5.39 Å². The van der Waals surface area contributed by atoms with Crippen molar-refractivity contribution in [1.82, 2.24) is 30.4 Å². The number of para-hydroxylation sites is 1. The fourth-order valence-corrected chi connectivity index (χ4v) is 1.63. The largest absolute Gasteiger partial charge is 0.307 e. The second-order valence-electron chi connectivity index (χ2n) is 3.67. The molecule has 90 valence electrons. The van der Waals surface area contributed by atoms with Crippen molar-refractivity contribution in [3.05, 3.63) is 30.6 Å². The average molecular weight is 243 g/mol. The summed E-state index contributed by atoms with van der Waals surface area (Å²) in [6.07, 6.45) is 1.38. The van der Waals surface area contributed by atoms with Gasteiger partial charge in [-0.3, -0.25) is 9.89 Å². The molecular weight excluding hydrogens is 234 g/mol. The number of nitrogens with zero attached hydrogens (tertiary/aromatic N) is 5. The van der Waals surface area contributed by atoms with Crippen LogP contribution in [-0.2, 0) is 11.3 Å². The Hall–Kier alpha value is -2.77. The molecular formula is C10H9N7O. The van der Waals surface area contributed by atoms with E-state index in [1.165, 1.54) is 11.0 Å². The van der Waals surface area contributed by atoms with E-state index < -0.39 is 0 Å². The van der Waals surface area contributed by atoms with E-state index in [2.05, 4.69) is 31.0 Å². The van der Waals surface area contributed by atoms with Crippen LogP contribution in [0.1, 0.15) is 0 Å². The van der Waals surface area contributed by atoms with Crippen LogP contribution >= 0.6 is 0 Å². The van der Waals surface area contributed by atoms with E-state index in [0.717, 1.165) is 10.9 Å². The number of rotatable bonds is 3. The summed E-state index contributed by atoms with van der Waals surface area (Å²) < 4.78 is 1.34. The van der Waals surface area contributed by atoms with Gasteiger partial charge in [0.2, 0.25) is 5.91 Å². The van der Waals surface area contributed by atoms with Crippen molar-refractivity contribution in [1.29, 1.82) is 0 Å². The van der Waals surface area contributed by atoms with Crippen molar-refractivity contribution in [2.45, 2.75) is 6.54 Å². The number of anilines is 1. The van der Waals surface area contributed by atoms with Crippen LogP contribution in [0.25, 0.3) is 10.9 Å². The standard InChI is InChI=1S/C10H9N7O/c18-9(5-17-6-11-15-16-17)12-10-7-3-1-2-4-8(7)13-14-10/h1-4,6H,5H2,(H2,12,13,14,18). The molecule has 3 aromatic rings. The van der Waals surface area contributed by atoms with Crippen molar-refractivity contribution < 1.29 is 4.79 Å². The number of hydrogen-bond donors (Lipinski definition) is 2. The van der Waals surface area contributed by atoms with Crippen molar-refractivity contribution in [3.8, 4) is 0 Å². The Morgan fingerprint density at radius 2 is 2.28 bits per heavy atom. The maximum atomic E-state index is 11.7. The highest BCUT2D eigenvalue weighted by Crippen LogP contribution is 2.19. The monoisotopic (exact) mass is 243 g/mol. The van der Waals surface area contributed by atoms with Crippen LogP contribution in [0.15, 0.2) is 30.6 Å². The number of H-pyrrole nitrogens is 1. The highest BCUT2D eigenvalue weighted by Gasteiger charge is 2.09. The first-order valence-corrected chi connectivity index (χ1v) is 5.26. The Morgan fingerprint density at radius 3 is 3.11 bits per heavy atom. The van der Waals surface area contributed by atoms with E-state index >= 15 is 0 Å². The van der Waals surface area contributed by atoms with Crippen LogP contribution in [0.2, 0.25) is 0 Å². The minimum atomic E-state index is -0.237. The smallest absolute Gasteiger partial charge is 0.247 e. The van der Waals surface area contributed by atoms with Gasteiger partial charge >= 0.3 is 0 Å². The molecule has 3 rings (SSSR count). The minimum absolute atomic E-state index is 0.0498. The minimum Gasteiger partial charge on any atom is -0.307 e. The Morgan fingerprint density at radius 1 is 1.39 bits per heavy atom. The lowest BCUT2D eigenvalue weighted by molar-refractivity contribution is -0.116. The van der Waals surface area contributed by atoms with Gasteiger partial charge in [-0.15, -0.1) is 5.10 Å². The van der Waals surface area contributed by atoms with E-state index in [0.29, 0.717) is 5.82 Å². The van der Waals surface area contributed by atoms with E-state index in [9.17, 15) is 4.79 Å². The van der Waals surface area contributed by atoms with Gasteiger partial charge < -0.3 is 5.32 Å². The molecule has 0 unspecified atom stereocenters. The van der Waals surface area contributed by atoms with Gasteiger partial charge in [0.15, 0.2) is 5.82 Å². The predicted octanol–water partition coefficient (Wildman–Crippen LogP) is 0.188. The van der Waals surface area contributed by atoms with Gasteiger partial charge in [0.25, 0.3) is 0 Å². The molecule has 0 saturated carbocycles. The van der Waals surface area contributed by atoms with E-state index in [4.69, 9.17) is 0 Å². The van der Waals surface area contributed by atoms with Gasteiger partial charge in [-0.25, -0.2) is 4.68 Å². The molecule has 2 N–H and O–H groups in total. The molecule has 0 aliphatic rings. The number of benzene rings is 1. The summed E-state index contributed by atoms with van der Waals surface area (Å²) in [6, 6.07) is 7.55. The van der Waals surface area contributed by atoms with Gasteiger partial charge in [-0.2, -0.15) is 5.10 Å². The van der Waals surface area contributed by atoms with Gasteiger partial charge in [0.05, 0.1) is 5.52 Å². The number of carbonyl (C=O) groups is 1. The normalized spacial score (nSPS) is 10.7. The molecule has 0 fully saturated rings. The molecule has 0 saturated heterocycles. The molecule has 0 bridgehead atoms. The Bertz CT molecular complexity index is 672. The zero-order chi connectivity index (χ0) is 12.4. The quantitative estimate of drug-likeness (QED) is 0.683. The highest BCUT2D eigenvalue weighted by molar-refractivity contribution is 5.99. The average Bonchev–Trinajstić information content (AvgIpc) is 3.00. The maximum absolute atomic E-state index is 11.7. The number of carbonyl (C=O) groups excluding carboxylic acids is 1. The molecule has 0 radical (unpaired) electrons. The Balaban J connectivity index is 1.78. The molecule has 2 heterocycles. The van der Waals surface area contributed by atoms with Crippen LogP contribution in [0.3, 0.4) is 0 Å². The number of tetrazole rings is 1. The lowest BCUT2D eigenvalue weighted by Gasteiger charge is -2.01. The molecule has 0 atom stereocenters. The highest BCUT2D eigenvalue weighted by atomic mass is 16.2. The maximum Gasteiger partial charge on any atom is 0.247 e. The number of amides is 1. The summed E-state index contributed by atoms with van der Waals surface area (Å²) in [4.78, 5) is 11.7. The first kappa shape index (κ1) is 10.4. The summed E-state index contributed by atoms with van der Waals surface area (Å²) in [5.41, 5.74) is 0.871. The molecule has 0 aliphatic heterocycles. The third-order valence-electron chi connectivity index (χ3n) is 2.43. The first-order chi connectivity index (χ1) is 8.83. The fraction of sp³-hybridized carbons (Fsp3) is 0.100. The molecule has 2 aromatic heterocycles. The van der Waals surface area contributed by atoms with Crippen LogP contribution in [0.4, 0.5) is 5.82 Å². The SMILES string of the molecule is O=C(Cn1cnnn1)Nc1n[nH]c2ccccc12. The summed E-state index contributed by atoms with van der Waals surface area (Å²) in [6.45, 7) is 0.0498. The van der Waals surface area contributed by atoms with E-state index in [1.54, 1.807) is 0 Å². The van der Waals surface area contributed by atoms with Crippen LogP contribution in [0, 0.1) is 0 Å². The molecule has 0 spiro atoms. The topological polar surface area (TPSA) is 101 Å². The Kier molecular flexibility index (Phi) is 2.45. The lowest BCUT2D eigenvalue weighted by atomic mass is 10.2. The van der Waals surface area contributed by atoms with E-state index in [-0.39, 0.29) is 12.5 Å². The number of nitrogens with one attached hydrogen (secondary N) is 2. The molecule has 18 heavy (non-hydrogen) atoms. The molecule has 1 amide bonds. The summed E-state index contributed by atoms with van der Waals surface area (Å²) in [7, 11) is 0. The second kappa shape index (κ2) is 4.24. The molecule has 0 aliphatic carbocycles. The van der Waals surface area contributed by atoms with Crippen molar-refractivity contribution in [3.63, 3.8) is 0 Å². The first-order valence-electron chi connectivity index (χ1n) is 5.26. The molecule has 8 nitrogen and oxygen atoms in total. The van der Waals surface area contributed by atoms with E-state index in [1.807, 2.05) is 24.3 Å². The second-order valence-corrected chi connectivity index (χ2v) is 3.67. The fourth-order valence-electron chi connectivity index (χ4n) is 1.63. The van der Waals surface area contributed by atoms with Crippen molar-refractivity contribution >= 4 is 22.6 Å². The van der Waals surface area contributed by atoms with Crippen LogP contribution in [0.5, 0.6) is 0 Å². The van der Waals surface area contributed by atoms with Crippen LogP contribution in [-0.4, -0.2) is 36.3 Å². The zero-order valence-corrected chi connectivity index (χ0v) is 9.24. The van der Waals surface area contributed by atoms with Crippen molar-refractivity contribution in [2.75, 3.05) is 5.32 Å². The number of aromatic amines is 1. The Labute approximate surface area is 101 Å². The summed E-state index contributed by atoms with van der Waals surface area (Å²) >= 11 is 0. The lowest BCUT2D eigenvalue weighted by Crippen LogP contribution is -2.19. The number of aromatic nitrogens is 6. The predicted molar refractivity (Wildman–Crippen MR) is 62.5 cm³/mol. The van der Waals surface area contributed by atoms with Crippen LogP contribution < -0.4 is 5.32 Å².